The Balaban J connectivity index is 0. The van der Waals surface area contributed by atoms with Crippen molar-refractivity contribution in [3.63, 3.8) is 0 Å². The summed E-state index contributed by atoms with van der Waals surface area (Å²) in [5, 5.41) is 0. The number of rotatable bonds is 0. The molecule has 0 aliphatic carbocycles. The van der Waals surface area contributed by atoms with Gasteiger partial charge in [-0.1, -0.05) is 0 Å². The molecule has 0 unspecified atom stereocenters. The number of hydrogen-bond donors (Lipinski definition) is 0. The third-order valence-electron chi connectivity index (χ3n) is 0. The van der Waals surface area contributed by atoms with Gasteiger partial charge in [0.15, 0.2) is 0 Å². The van der Waals surface area contributed by atoms with Crippen molar-refractivity contribution in [2.24, 2.45) is 0 Å². The zero-order valence-corrected chi connectivity index (χ0v) is 10.6. The molecule has 0 aromatic carbocycles. The molecule has 0 aromatic heterocycles. The fourth-order valence-electron chi connectivity index (χ4n) is 0. The molecule has 0 fully saturated rings. The van der Waals surface area contributed by atoms with Gasteiger partial charge in [0.25, 0.3) is 0 Å². The molecule has 0 radical (unpaired) electrons. The Hall–Kier alpha value is 2.50. The second-order valence-corrected chi connectivity index (χ2v) is 26.4. The quantitative estimate of drug-likeness (QED) is 0.607. The van der Waals surface area contributed by atoms with Crippen LogP contribution in [-0.4, -0.2) is 13.9 Å². The molecule has 0 spiro atoms. The van der Waals surface area contributed by atoms with Crippen LogP contribution in [0.1, 0.15) is 0 Å². The zero-order valence-electron chi connectivity index (χ0n) is 3.18. The van der Waals surface area contributed by atoms with E-state index >= 15 is 0 Å². The molecule has 0 atom stereocenters. The van der Waals surface area contributed by atoms with Gasteiger partial charge in [0.2, 0.25) is 0 Å². The van der Waals surface area contributed by atoms with Gasteiger partial charge in [-0.25, -0.2) is 0 Å². The van der Waals surface area contributed by atoms with E-state index in [0.29, 0.717) is 0 Å². The molecule has 8 heavy (non-hydrogen) atoms. The van der Waals surface area contributed by atoms with E-state index in [4.69, 9.17) is 35.7 Å². The van der Waals surface area contributed by atoms with Crippen LogP contribution in [0.15, 0.2) is 0 Å². The molecular formula is Cl6OSn. The van der Waals surface area contributed by atoms with E-state index < -0.39 is 13.9 Å². The van der Waals surface area contributed by atoms with Crippen molar-refractivity contribution in [2.75, 3.05) is 0 Å². The molecule has 8 heteroatoms. The van der Waals surface area contributed by atoms with Crippen molar-refractivity contribution < 1.29 is 3.84 Å². The van der Waals surface area contributed by atoms with Gasteiger partial charge in [-0.15, -0.1) is 0 Å². The van der Waals surface area contributed by atoms with Crippen LogP contribution >= 0.6 is 59.4 Å². The van der Waals surface area contributed by atoms with Crippen molar-refractivity contribution >= 4 is 73.3 Å². The molecule has 0 aliphatic rings. The normalized spacial score (nSPS) is 9.75. The van der Waals surface area contributed by atoms with Gasteiger partial charge in [-0.2, -0.15) is 3.84 Å². The van der Waals surface area contributed by atoms with E-state index in [1.165, 1.54) is 0 Å². The molecular weight excluding hydrogens is 347 g/mol. The van der Waals surface area contributed by atoms with E-state index in [0.717, 1.165) is 0 Å². The molecule has 0 bridgehead atoms. The molecule has 0 saturated heterocycles. The van der Waals surface area contributed by atoms with Gasteiger partial charge in [0.05, 0.1) is 23.7 Å². The third kappa shape index (κ3) is 76.5. The van der Waals surface area contributed by atoms with Gasteiger partial charge in [0.1, 0.15) is 0 Å². The maximum absolute atomic E-state index is 5.04. The SMILES string of the molecule is ClOCl.[Cl][Sn]([Cl])([Cl])[Cl]. The summed E-state index contributed by atoms with van der Waals surface area (Å²) in [6.45, 7) is 0. The van der Waals surface area contributed by atoms with Crippen molar-refractivity contribution in [2.45, 2.75) is 0 Å². The van der Waals surface area contributed by atoms with Crippen LogP contribution in [-0.2, 0) is 3.84 Å². The Bertz CT molecular complexity index is 32.3. The van der Waals surface area contributed by atoms with E-state index in [1.807, 2.05) is 0 Å². The first-order chi connectivity index (χ1) is 3.41. The van der Waals surface area contributed by atoms with Crippen LogP contribution in [0.4, 0.5) is 0 Å². The van der Waals surface area contributed by atoms with Crippen LogP contribution in [0.25, 0.3) is 0 Å². The fourth-order valence-corrected chi connectivity index (χ4v) is 0. The molecule has 0 amide bonds. The summed E-state index contributed by atoms with van der Waals surface area (Å²) in [4.78, 5) is 0. The average molecular weight is 347 g/mol. The van der Waals surface area contributed by atoms with Gasteiger partial charge >= 0.3 is 49.6 Å². The van der Waals surface area contributed by atoms with Crippen LogP contribution in [0, 0.1) is 0 Å². The Kier molecular flexibility index (Phi) is 12.5. The predicted molar refractivity (Wildman–Crippen MR) is 42.0 cm³/mol. The summed E-state index contributed by atoms with van der Waals surface area (Å²) >= 11 is 5.24. The molecule has 1 nitrogen and oxygen atoms in total. The number of hydrogen-bond acceptors (Lipinski definition) is 1. The Morgan fingerprint density at radius 2 is 0.875 bits per heavy atom. The van der Waals surface area contributed by atoms with Crippen molar-refractivity contribution in [1.29, 1.82) is 0 Å². The van der Waals surface area contributed by atoms with Gasteiger partial charge in [-0.3, -0.25) is 0 Å². The predicted octanol–water partition coefficient (Wildman–Crippen LogP) is 3.69. The Morgan fingerprint density at radius 1 is 0.875 bits per heavy atom. The molecule has 0 aromatic rings. The summed E-state index contributed by atoms with van der Waals surface area (Å²) in [7, 11) is 20.1. The standard InChI is InChI=1S/Cl2O.4ClH.Sn/c1-3-2;;;;;/h;4*1H;/q;;;;;+4/p-4. The Morgan fingerprint density at radius 3 is 0.875 bits per heavy atom. The van der Waals surface area contributed by atoms with Crippen LogP contribution < -0.4 is 0 Å². The van der Waals surface area contributed by atoms with Crippen molar-refractivity contribution in [3.05, 3.63) is 0 Å². The molecule has 52 valence electrons. The van der Waals surface area contributed by atoms with Gasteiger partial charge in [-0.05, 0) is 0 Å². The minimum atomic E-state index is -3.29. The van der Waals surface area contributed by atoms with E-state index in [1.54, 1.807) is 0 Å². The average Bonchev–Trinajstić information content (AvgIpc) is 1.27. The van der Waals surface area contributed by atoms with Crippen LogP contribution in [0.2, 0.25) is 0 Å². The maximum atomic E-state index is 5.04. The third-order valence-corrected chi connectivity index (χ3v) is 0. The molecule has 0 N–H and O–H groups in total. The molecule has 0 saturated carbocycles. The molecule has 0 aliphatic heterocycles. The molecule has 0 heterocycles. The van der Waals surface area contributed by atoms with Crippen molar-refractivity contribution in [1.82, 2.24) is 0 Å². The second-order valence-electron chi connectivity index (χ2n) is 0.487. The fraction of sp³-hybridized carbons (Fsp3) is 0. The first kappa shape index (κ1) is 13.1. The monoisotopic (exact) mass is 346 g/mol. The topological polar surface area (TPSA) is 9.23 Å². The van der Waals surface area contributed by atoms with E-state index in [9.17, 15) is 0 Å². The first-order valence-corrected chi connectivity index (χ1v) is 16.1. The second kappa shape index (κ2) is 7.60. The van der Waals surface area contributed by atoms with Crippen LogP contribution in [0.5, 0.6) is 0 Å². The summed E-state index contributed by atoms with van der Waals surface area (Å²) in [5.74, 6) is 0. The first-order valence-electron chi connectivity index (χ1n) is 1.06. The summed E-state index contributed by atoms with van der Waals surface area (Å²) in [6.07, 6.45) is 0. The van der Waals surface area contributed by atoms with Gasteiger partial charge in [0, 0.05) is 0 Å². The number of halogens is 6. The van der Waals surface area contributed by atoms with E-state index in [2.05, 4.69) is 27.6 Å². The van der Waals surface area contributed by atoms with E-state index in [-0.39, 0.29) is 0 Å². The summed E-state index contributed by atoms with van der Waals surface area (Å²) < 4.78 is 3.19. The minimum absolute atomic E-state index is 3.19. The van der Waals surface area contributed by atoms with Crippen LogP contribution in [0.3, 0.4) is 0 Å². The summed E-state index contributed by atoms with van der Waals surface area (Å²) in [6, 6.07) is 0. The summed E-state index contributed by atoms with van der Waals surface area (Å²) in [5.41, 5.74) is 0. The van der Waals surface area contributed by atoms with Gasteiger partial charge < -0.3 is 0 Å². The van der Waals surface area contributed by atoms with Crippen molar-refractivity contribution in [3.8, 4) is 0 Å². The molecule has 0 rings (SSSR count). The zero-order chi connectivity index (χ0) is 7.21. The Labute approximate surface area is 76.1 Å².